The summed E-state index contributed by atoms with van der Waals surface area (Å²) in [6, 6.07) is 7.70. The van der Waals surface area contributed by atoms with Gasteiger partial charge in [0.05, 0.1) is 23.3 Å². The summed E-state index contributed by atoms with van der Waals surface area (Å²) in [7, 11) is 3.90. The molecule has 3 aliphatic rings. The van der Waals surface area contributed by atoms with Gasteiger partial charge in [-0.05, 0) is 42.8 Å². The van der Waals surface area contributed by atoms with E-state index in [0.717, 1.165) is 64.4 Å². The summed E-state index contributed by atoms with van der Waals surface area (Å²) in [4.78, 5) is 20.7. The van der Waals surface area contributed by atoms with Crippen LogP contribution in [0.15, 0.2) is 40.3 Å². The standard InChI is InChI=1S/C25H28N4O2S/c1-25(2)18-13-20(31-4)21(32-29-9-7-28(3)8-10-29)12-17(18)23(30)22-16-6-5-15(14-26)11-19(16)27-24(22)25/h5-6,11-12,20,27H,7-10,13H2,1-4H3. The topological polar surface area (TPSA) is 72.4 Å². The van der Waals surface area contributed by atoms with E-state index in [-0.39, 0.29) is 17.3 Å². The molecule has 1 fully saturated rings. The second-order valence-electron chi connectivity index (χ2n) is 9.39. The minimum atomic E-state index is -0.332. The van der Waals surface area contributed by atoms with Crippen molar-refractivity contribution in [2.45, 2.75) is 31.8 Å². The second kappa shape index (κ2) is 7.89. The normalized spacial score (nSPS) is 23.7. The smallest absolute Gasteiger partial charge is 0.195 e. The highest BCUT2D eigenvalue weighted by Crippen LogP contribution is 2.49. The largest absolute Gasteiger partial charge is 0.376 e. The average molecular weight is 449 g/mol. The summed E-state index contributed by atoms with van der Waals surface area (Å²) in [6.07, 6.45) is 2.72. The van der Waals surface area contributed by atoms with Gasteiger partial charge in [0.25, 0.3) is 0 Å². The van der Waals surface area contributed by atoms with Crippen LogP contribution < -0.4 is 0 Å². The molecule has 0 radical (unpaired) electrons. The number of aromatic amines is 1. The van der Waals surface area contributed by atoms with E-state index in [2.05, 4.69) is 47.2 Å². The lowest BCUT2D eigenvalue weighted by Gasteiger charge is -2.40. The number of allylic oxidation sites excluding steroid dienone is 2. The fourth-order valence-electron chi connectivity index (χ4n) is 5.08. The van der Waals surface area contributed by atoms with Gasteiger partial charge in [-0.1, -0.05) is 19.9 Å². The average Bonchev–Trinajstić information content (AvgIpc) is 3.19. The number of likely N-dealkylation sites (N-methyl/N-ethyl adjacent to an activating group) is 1. The zero-order chi connectivity index (χ0) is 22.6. The number of nitrogens with one attached hydrogen (secondary N) is 1. The van der Waals surface area contributed by atoms with Gasteiger partial charge in [0.1, 0.15) is 0 Å². The van der Waals surface area contributed by atoms with Crippen molar-refractivity contribution in [3.63, 3.8) is 0 Å². The molecule has 2 aromatic rings. The van der Waals surface area contributed by atoms with E-state index in [1.807, 2.05) is 12.1 Å². The zero-order valence-electron chi connectivity index (χ0n) is 19.0. The van der Waals surface area contributed by atoms with E-state index in [0.29, 0.717) is 12.0 Å². The Kier molecular flexibility index (Phi) is 5.30. The van der Waals surface area contributed by atoms with E-state index in [9.17, 15) is 10.1 Å². The lowest BCUT2D eigenvalue weighted by Crippen LogP contribution is -2.42. The van der Waals surface area contributed by atoms with Crippen LogP contribution >= 0.6 is 11.9 Å². The number of aromatic nitrogens is 1. The maximum absolute atomic E-state index is 13.8. The second-order valence-corrected chi connectivity index (χ2v) is 10.6. The number of piperazine rings is 1. The van der Waals surface area contributed by atoms with Crippen LogP contribution in [0.3, 0.4) is 0 Å². The van der Waals surface area contributed by atoms with Gasteiger partial charge in [0.15, 0.2) is 5.78 Å². The van der Waals surface area contributed by atoms with Gasteiger partial charge < -0.3 is 14.6 Å². The SMILES string of the molecule is COC1CC2=C(C=C1SN1CCN(C)CC1)C(=O)c1c([nH]c3cc(C#N)ccc13)C2(C)C. The minimum Gasteiger partial charge on any atom is -0.376 e. The molecule has 1 aromatic heterocycles. The number of nitriles is 1. The first kappa shape index (κ1) is 21.5. The Hall–Kier alpha value is -2.37. The number of ether oxygens (including phenoxy) is 1. The van der Waals surface area contributed by atoms with Crippen LogP contribution in [-0.2, 0) is 10.2 Å². The Morgan fingerprint density at radius 2 is 2.00 bits per heavy atom. The van der Waals surface area contributed by atoms with Crippen LogP contribution in [0.2, 0.25) is 0 Å². The van der Waals surface area contributed by atoms with Crippen LogP contribution in [-0.4, -0.2) is 66.4 Å². The summed E-state index contributed by atoms with van der Waals surface area (Å²) in [5.74, 6) is 0.0660. The number of methoxy groups -OCH3 is 1. The molecule has 1 aliphatic heterocycles. The molecular weight excluding hydrogens is 420 g/mol. The molecule has 5 rings (SSSR count). The fraction of sp³-hybridized carbons (Fsp3) is 0.440. The molecule has 2 heterocycles. The summed E-state index contributed by atoms with van der Waals surface area (Å²) >= 11 is 1.74. The van der Waals surface area contributed by atoms with Crippen LogP contribution in [0.5, 0.6) is 0 Å². The molecule has 1 aromatic carbocycles. The molecule has 1 N–H and O–H groups in total. The highest BCUT2D eigenvalue weighted by atomic mass is 32.2. The number of hydrogen-bond acceptors (Lipinski definition) is 6. The first-order valence-corrected chi connectivity index (χ1v) is 11.8. The summed E-state index contributed by atoms with van der Waals surface area (Å²) in [6.45, 7) is 8.42. The van der Waals surface area contributed by atoms with Crippen molar-refractivity contribution in [1.82, 2.24) is 14.2 Å². The van der Waals surface area contributed by atoms with Crippen molar-refractivity contribution in [1.29, 1.82) is 5.26 Å². The number of carbonyl (C=O) groups is 1. The monoisotopic (exact) mass is 448 g/mol. The minimum absolute atomic E-state index is 0.0541. The van der Waals surface area contributed by atoms with Crippen molar-refractivity contribution < 1.29 is 9.53 Å². The van der Waals surface area contributed by atoms with Gasteiger partial charge in [0.2, 0.25) is 0 Å². The Balaban J connectivity index is 1.57. The number of rotatable bonds is 3. The predicted molar refractivity (Wildman–Crippen MR) is 128 cm³/mol. The van der Waals surface area contributed by atoms with Crippen molar-refractivity contribution in [2.75, 3.05) is 40.3 Å². The molecule has 0 saturated carbocycles. The Bertz CT molecular complexity index is 1210. The molecule has 1 unspecified atom stereocenters. The van der Waals surface area contributed by atoms with Gasteiger partial charge >= 0.3 is 0 Å². The highest BCUT2D eigenvalue weighted by Gasteiger charge is 2.44. The van der Waals surface area contributed by atoms with E-state index in [4.69, 9.17) is 4.74 Å². The first-order chi connectivity index (χ1) is 15.3. The molecule has 6 nitrogen and oxygen atoms in total. The van der Waals surface area contributed by atoms with E-state index in [1.54, 1.807) is 25.1 Å². The van der Waals surface area contributed by atoms with Crippen molar-refractivity contribution >= 4 is 28.6 Å². The first-order valence-electron chi connectivity index (χ1n) is 11.0. The highest BCUT2D eigenvalue weighted by molar-refractivity contribution is 8.00. The third-order valence-electron chi connectivity index (χ3n) is 7.08. The van der Waals surface area contributed by atoms with Crippen LogP contribution in [0.4, 0.5) is 0 Å². The molecule has 0 bridgehead atoms. The van der Waals surface area contributed by atoms with Gasteiger partial charge in [-0.15, -0.1) is 0 Å². The van der Waals surface area contributed by atoms with Crippen LogP contribution in [0.25, 0.3) is 10.9 Å². The maximum Gasteiger partial charge on any atom is 0.195 e. The van der Waals surface area contributed by atoms with E-state index in [1.165, 1.54) is 0 Å². The maximum atomic E-state index is 13.8. The summed E-state index contributed by atoms with van der Waals surface area (Å²) in [5, 5.41) is 10.2. The molecule has 1 saturated heterocycles. The Labute approximate surface area is 193 Å². The Morgan fingerprint density at radius 1 is 1.25 bits per heavy atom. The Morgan fingerprint density at radius 3 is 2.69 bits per heavy atom. The lowest BCUT2D eigenvalue weighted by atomic mass is 9.68. The number of fused-ring (bicyclic) bond motifs is 3. The predicted octanol–water partition coefficient (Wildman–Crippen LogP) is 4.01. The van der Waals surface area contributed by atoms with Gasteiger partial charge in [0, 0.05) is 72.2 Å². The summed E-state index contributed by atoms with van der Waals surface area (Å²) in [5.41, 5.74) is 4.70. The fourth-order valence-corrected chi connectivity index (χ4v) is 6.19. The van der Waals surface area contributed by atoms with Crippen LogP contribution in [0.1, 0.15) is 41.9 Å². The van der Waals surface area contributed by atoms with Gasteiger partial charge in [-0.3, -0.25) is 4.79 Å². The van der Waals surface area contributed by atoms with E-state index < -0.39 is 0 Å². The number of nitrogens with zero attached hydrogens (tertiary/aromatic N) is 3. The third kappa shape index (κ3) is 3.34. The molecule has 1 atom stereocenters. The number of Topliss-reactive ketones (excluding diaryl/α,β-unsaturated/α-hetero) is 1. The molecule has 7 heteroatoms. The lowest BCUT2D eigenvalue weighted by molar-refractivity contribution is 0.102. The van der Waals surface area contributed by atoms with Crippen LogP contribution in [0, 0.1) is 11.3 Å². The number of ketones is 1. The zero-order valence-corrected chi connectivity index (χ0v) is 19.8. The number of carbonyl (C=O) groups excluding carboxylic acids is 1. The van der Waals surface area contributed by atoms with Gasteiger partial charge in [-0.25, -0.2) is 4.31 Å². The molecule has 0 amide bonds. The molecule has 166 valence electrons. The van der Waals surface area contributed by atoms with Crippen molar-refractivity contribution in [2.24, 2.45) is 0 Å². The summed E-state index contributed by atoms with van der Waals surface area (Å²) < 4.78 is 8.28. The van der Waals surface area contributed by atoms with Crippen molar-refractivity contribution in [3.8, 4) is 6.07 Å². The quantitative estimate of drug-likeness (QED) is 0.716. The molecule has 2 aliphatic carbocycles. The third-order valence-corrected chi connectivity index (χ3v) is 8.29. The molecule has 32 heavy (non-hydrogen) atoms. The molecular formula is C25H28N4O2S. The number of H-pyrrole nitrogens is 1. The van der Waals surface area contributed by atoms with E-state index >= 15 is 0 Å². The number of hydrogen-bond donors (Lipinski definition) is 1. The van der Waals surface area contributed by atoms with Gasteiger partial charge in [-0.2, -0.15) is 5.26 Å². The van der Waals surface area contributed by atoms with Crippen molar-refractivity contribution in [3.05, 3.63) is 57.1 Å². The molecule has 0 spiro atoms. The number of benzene rings is 1.